The van der Waals surface area contributed by atoms with Crippen LogP contribution in [0.3, 0.4) is 0 Å². The highest BCUT2D eigenvalue weighted by Crippen LogP contribution is 2.59. The van der Waals surface area contributed by atoms with Crippen LogP contribution in [0.4, 0.5) is 5.69 Å². The summed E-state index contributed by atoms with van der Waals surface area (Å²) in [6.45, 7) is 10.6. The van der Waals surface area contributed by atoms with Gasteiger partial charge >= 0.3 is 0 Å². The molecular weight excluding hydrogens is 578 g/mol. The average Bonchev–Trinajstić information content (AvgIpc) is 3.73. The fourth-order valence-corrected chi connectivity index (χ4v) is 8.05. The number of aliphatic hydroxyl groups excluding tert-OH is 1. The quantitative estimate of drug-likeness (QED) is 0.278. The molecule has 8 nitrogen and oxygen atoms in total. The van der Waals surface area contributed by atoms with E-state index in [-0.39, 0.29) is 30.9 Å². The number of hydrogen-bond donors (Lipinski definition) is 1. The van der Waals surface area contributed by atoms with Crippen LogP contribution in [0.15, 0.2) is 98.1 Å². The molecule has 6 rings (SSSR count). The van der Waals surface area contributed by atoms with Gasteiger partial charge in [-0.25, -0.2) is 0 Å². The van der Waals surface area contributed by atoms with Crippen molar-refractivity contribution in [1.29, 1.82) is 0 Å². The molecule has 3 heterocycles. The monoisotopic (exact) mass is 621 g/mol. The highest BCUT2D eigenvalue weighted by molar-refractivity contribution is 6.06. The number of aliphatic hydroxyl groups is 1. The van der Waals surface area contributed by atoms with Crippen molar-refractivity contribution in [3.8, 4) is 0 Å². The second-order valence-electron chi connectivity index (χ2n) is 12.7. The van der Waals surface area contributed by atoms with Gasteiger partial charge in [-0.2, -0.15) is 0 Å². The second-order valence-corrected chi connectivity index (χ2v) is 12.7. The number of benzene rings is 3. The number of anilines is 1. The van der Waals surface area contributed by atoms with Gasteiger partial charge in [0.2, 0.25) is 11.8 Å². The van der Waals surface area contributed by atoms with Crippen LogP contribution < -0.4 is 4.90 Å². The van der Waals surface area contributed by atoms with E-state index in [0.29, 0.717) is 38.0 Å². The average molecular weight is 622 g/mol. The van der Waals surface area contributed by atoms with E-state index in [1.54, 1.807) is 26.9 Å². The maximum Gasteiger partial charge on any atom is 0.253 e. The first-order chi connectivity index (χ1) is 22.4. The van der Waals surface area contributed by atoms with E-state index in [4.69, 9.17) is 4.74 Å². The van der Waals surface area contributed by atoms with Crippen molar-refractivity contribution in [2.45, 2.75) is 56.4 Å². The molecule has 0 aliphatic carbocycles. The number of amides is 3. The third-order valence-electron chi connectivity index (χ3n) is 9.95. The molecule has 8 heteroatoms. The summed E-state index contributed by atoms with van der Waals surface area (Å²) in [6, 6.07) is 21.7. The first-order valence-corrected chi connectivity index (χ1v) is 16.3. The molecule has 3 aromatic carbocycles. The minimum absolute atomic E-state index is 0.138. The molecule has 240 valence electrons. The molecule has 0 saturated carbocycles. The van der Waals surface area contributed by atoms with Gasteiger partial charge < -0.3 is 24.5 Å². The van der Waals surface area contributed by atoms with Gasteiger partial charge in [0.15, 0.2) is 0 Å². The predicted molar refractivity (Wildman–Crippen MR) is 179 cm³/mol. The van der Waals surface area contributed by atoms with Crippen molar-refractivity contribution in [1.82, 2.24) is 9.80 Å². The standard InChI is InChI=1S/C38H43N3O5/c1-4-20-39(21-5-2)35(43)32-31-18-19-38(46-31)33(32)36(44)41(30(25-42)23-26-12-8-7-9-13-26)34(38)37(45)40(22-6-3)29-17-16-27-14-10-11-15-28(27)24-29/h4,6-17,24,30-34,42H,1,3,5,18-23,25H2,2H3/t30-,31+,32-,33+,34?,38?/m1/s1. The highest BCUT2D eigenvalue weighted by atomic mass is 16.5. The van der Waals surface area contributed by atoms with Crippen molar-refractivity contribution in [3.63, 3.8) is 0 Å². The molecule has 1 spiro atoms. The molecule has 3 amide bonds. The molecule has 3 fully saturated rings. The van der Waals surface area contributed by atoms with E-state index in [9.17, 15) is 14.7 Å². The first kappa shape index (κ1) is 31.7. The summed E-state index contributed by atoms with van der Waals surface area (Å²) in [5.74, 6) is -2.29. The van der Waals surface area contributed by atoms with Crippen LogP contribution in [0.25, 0.3) is 10.8 Å². The molecule has 0 radical (unpaired) electrons. The van der Waals surface area contributed by atoms with Crippen molar-refractivity contribution in [2.24, 2.45) is 11.8 Å². The minimum atomic E-state index is -1.19. The van der Waals surface area contributed by atoms with Crippen molar-refractivity contribution in [3.05, 3.63) is 104 Å². The number of rotatable bonds is 13. The van der Waals surface area contributed by atoms with Gasteiger partial charge in [0, 0.05) is 25.3 Å². The fraction of sp³-hybridized carbons (Fsp3) is 0.395. The number of ether oxygens (including phenoxy) is 1. The zero-order valence-corrected chi connectivity index (χ0v) is 26.5. The summed E-state index contributed by atoms with van der Waals surface area (Å²) in [6.07, 6.45) is 5.08. The Labute approximate surface area is 270 Å². The maximum absolute atomic E-state index is 15.1. The normalized spacial score (nSPS) is 25.3. The van der Waals surface area contributed by atoms with Crippen molar-refractivity contribution >= 4 is 34.2 Å². The van der Waals surface area contributed by atoms with E-state index in [1.807, 2.05) is 79.7 Å². The predicted octanol–water partition coefficient (Wildman–Crippen LogP) is 4.76. The van der Waals surface area contributed by atoms with Gasteiger partial charge in [-0.3, -0.25) is 14.4 Å². The lowest BCUT2D eigenvalue weighted by Crippen LogP contribution is -2.59. The Morgan fingerprint density at radius 2 is 1.74 bits per heavy atom. The molecule has 2 bridgehead atoms. The molecule has 3 aliphatic rings. The van der Waals surface area contributed by atoms with Gasteiger partial charge in [-0.05, 0) is 54.2 Å². The minimum Gasteiger partial charge on any atom is -0.394 e. The Bertz CT molecular complexity index is 1620. The van der Waals surface area contributed by atoms with E-state index < -0.39 is 35.6 Å². The lowest BCUT2D eigenvalue weighted by molar-refractivity contribution is -0.147. The van der Waals surface area contributed by atoms with Crippen molar-refractivity contribution in [2.75, 3.05) is 31.1 Å². The lowest BCUT2D eigenvalue weighted by Gasteiger charge is -2.39. The van der Waals surface area contributed by atoms with Crippen LogP contribution in [-0.2, 0) is 25.5 Å². The molecule has 1 N–H and O–H groups in total. The molecule has 3 aromatic rings. The molecule has 3 aliphatic heterocycles. The Balaban J connectivity index is 1.45. The molecular formula is C38H43N3O5. The van der Waals surface area contributed by atoms with Crippen LogP contribution in [0.5, 0.6) is 0 Å². The first-order valence-electron chi connectivity index (χ1n) is 16.3. The largest absolute Gasteiger partial charge is 0.394 e. The smallest absolute Gasteiger partial charge is 0.253 e. The number of carbonyl (C=O) groups is 3. The fourth-order valence-electron chi connectivity index (χ4n) is 8.05. The van der Waals surface area contributed by atoms with Crippen LogP contribution in [0.1, 0.15) is 31.7 Å². The third kappa shape index (κ3) is 5.33. The third-order valence-corrected chi connectivity index (χ3v) is 9.95. The van der Waals surface area contributed by atoms with E-state index in [2.05, 4.69) is 13.2 Å². The lowest BCUT2D eigenvalue weighted by atomic mass is 9.70. The highest BCUT2D eigenvalue weighted by Gasteiger charge is 2.75. The van der Waals surface area contributed by atoms with Crippen LogP contribution in [0.2, 0.25) is 0 Å². The van der Waals surface area contributed by atoms with E-state index in [0.717, 1.165) is 22.8 Å². The molecule has 3 saturated heterocycles. The Hall–Kier alpha value is -4.27. The van der Waals surface area contributed by atoms with Gasteiger partial charge in [-0.1, -0.05) is 79.7 Å². The SMILES string of the molecule is C=CCN(CCC)C(=O)[C@@H]1[C@@H]2CCC3(O2)C(C(=O)N(CC=C)c2ccc4ccccc4c2)N([C@@H](CO)Cc2ccccc2)C(=O)[C@H]13. The van der Waals surface area contributed by atoms with Crippen LogP contribution in [-0.4, -0.2) is 82.7 Å². The van der Waals surface area contributed by atoms with Gasteiger partial charge in [0.25, 0.3) is 5.91 Å². The molecule has 2 unspecified atom stereocenters. The zero-order valence-electron chi connectivity index (χ0n) is 26.5. The topological polar surface area (TPSA) is 90.4 Å². The Kier molecular flexibility index (Phi) is 9.11. The van der Waals surface area contributed by atoms with Crippen molar-refractivity contribution < 1.29 is 24.2 Å². The summed E-state index contributed by atoms with van der Waals surface area (Å²) in [7, 11) is 0. The number of likely N-dealkylation sites (tertiary alicyclic amines) is 1. The number of fused-ring (bicyclic) bond motifs is 2. The Morgan fingerprint density at radius 1 is 1.02 bits per heavy atom. The molecule has 6 atom stereocenters. The molecule has 0 aromatic heterocycles. The Morgan fingerprint density at radius 3 is 2.43 bits per heavy atom. The van der Waals surface area contributed by atoms with Gasteiger partial charge in [0.05, 0.1) is 30.6 Å². The number of carbonyl (C=O) groups excluding carboxylic acids is 3. The number of nitrogens with zero attached hydrogens (tertiary/aromatic N) is 3. The van der Waals surface area contributed by atoms with Crippen LogP contribution in [0, 0.1) is 11.8 Å². The summed E-state index contributed by atoms with van der Waals surface area (Å²) >= 11 is 0. The van der Waals surface area contributed by atoms with E-state index >= 15 is 4.79 Å². The zero-order chi connectivity index (χ0) is 32.4. The second kappa shape index (κ2) is 13.2. The van der Waals surface area contributed by atoms with Gasteiger partial charge in [0.1, 0.15) is 11.6 Å². The maximum atomic E-state index is 15.1. The van der Waals surface area contributed by atoms with E-state index in [1.165, 1.54) is 0 Å². The summed E-state index contributed by atoms with van der Waals surface area (Å²) < 4.78 is 6.75. The van der Waals surface area contributed by atoms with Gasteiger partial charge in [-0.15, -0.1) is 13.2 Å². The molecule has 46 heavy (non-hydrogen) atoms. The summed E-state index contributed by atoms with van der Waals surface area (Å²) in [4.78, 5) is 49.0. The number of hydrogen-bond acceptors (Lipinski definition) is 5. The summed E-state index contributed by atoms with van der Waals surface area (Å²) in [5.41, 5.74) is 0.427. The van der Waals surface area contributed by atoms with Crippen LogP contribution >= 0.6 is 0 Å². The summed E-state index contributed by atoms with van der Waals surface area (Å²) in [5, 5.41) is 12.8.